The van der Waals surface area contributed by atoms with Crippen molar-refractivity contribution in [2.45, 2.75) is 0 Å². The van der Waals surface area contributed by atoms with Gasteiger partial charge in [-0.3, -0.25) is 15.1 Å². The van der Waals surface area contributed by atoms with Crippen LogP contribution in [0.2, 0.25) is 0 Å². The lowest BCUT2D eigenvalue weighted by Gasteiger charge is -2.00. The topological polar surface area (TPSA) is 80.9 Å². The fourth-order valence-electron chi connectivity index (χ4n) is 1.79. The molecule has 21 heavy (non-hydrogen) atoms. The summed E-state index contributed by atoms with van der Waals surface area (Å²) in [5.41, 5.74) is 8.69. The number of nitrogens with two attached hydrogens (primary N) is 1. The minimum Gasteiger partial charge on any atom is -0.399 e. The minimum atomic E-state index is -0.199. The third-order valence-electron chi connectivity index (χ3n) is 2.87. The second-order valence-corrected chi connectivity index (χ2v) is 5.21. The number of nitrogens with zero attached hydrogens (tertiary/aromatic N) is 2. The average Bonchev–Trinajstić information content (AvgIpc) is 2.97. The van der Waals surface area contributed by atoms with E-state index < -0.39 is 0 Å². The summed E-state index contributed by atoms with van der Waals surface area (Å²) in [4.78, 5) is 20.3. The third-order valence-corrected chi connectivity index (χ3v) is 3.63. The van der Waals surface area contributed by atoms with E-state index in [0.29, 0.717) is 16.4 Å². The fourth-order valence-corrected chi connectivity index (χ4v) is 2.50. The maximum Gasteiger partial charge on any atom is 0.257 e. The Bertz CT molecular complexity index is 753. The molecule has 0 aliphatic heterocycles. The van der Waals surface area contributed by atoms with Gasteiger partial charge in [0.1, 0.15) is 0 Å². The van der Waals surface area contributed by atoms with Gasteiger partial charge in [0, 0.05) is 34.6 Å². The summed E-state index contributed by atoms with van der Waals surface area (Å²) in [5.74, 6) is -0.199. The van der Waals surface area contributed by atoms with Crippen molar-refractivity contribution in [1.82, 2.24) is 9.97 Å². The summed E-state index contributed by atoms with van der Waals surface area (Å²) in [5, 5.41) is 5.23. The Kier molecular flexibility index (Phi) is 3.61. The van der Waals surface area contributed by atoms with Gasteiger partial charge in [-0.1, -0.05) is 12.1 Å². The van der Waals surface area contributed by atoms with Crippen LogP contribution in [-0.4, -0.2) is 15.9 Å². The van der Waals surface area contributed by atoms with Crippen LogP contribution in [0.4, 0.5) is 10.8 Å². The number of nitrogens with one attached hydrogen (secondary N) is 1. The number of hydrogen-bond acceptors (Lipinski definition) is 5. The van der Waals surface area contributed by atoms with Crippen LogP contribution < -0.4 is 11.1 Å². The summed E-state index contributed by atoms with van der Waals surface area (Å²) >= 11 is 1.38. The lowest BCUT2D eigenvalue weighted by atomic mass is 10.1. The van der Waals surface area contributed by atoms with Gasteiger partial charge < -0.3 is 5.73 Å². The van der Waals surface area contributed by atoms with E-state index in [4.69, 9.17) is 5.73 Å². The van der Waals surface area contributed by atoms with Gasteiger partial charge in [-0.05, 0) is 24.3 Å². The molecule has 3 aromatic rings. The van der Waals surface area contributed by atoms with Gasteiger partial charge in [0.25, 0.3) is 5.91 Å². The van der Waals surface area contributed by atoms with Crippen molar-refractivity contribution in [2.24, 2.45) is 0 Å². The molecule has 1 aromatic carbocycles. The maximum absolute atomic E-state index is 12.0. The Morgan fingerprint density at radius 1 is 1.10 bits per heavy atom. The predicted octanol–water partition coefficient (Wildman–Crippen LogP) is 3.04. The molecule has 104 valence electrons. The van der Waals surface area contributed by atoms with Crippen molar-refractivity contribution in [3.05, 3.63) is 59.7 Å². The fraction of sp³-hybridized carbons (Fsp3) is 0. The molecule has 0 saturated heterocycles. The third kappa shape index (κ3) is 3.06. The molecular formula is C15H12N4OS. The highest BCUT2D eigenvalue weighted by atomic mass is 32.1. The number of benzene rings is 1. The number of thiazole rings is 1. The van der Waals surface area contributed by atoms with Gasteiger partial charge >= 0.3 is 0 Å². The monoisotopic (exact) mass is 296 g/mol. The van der Waals surface area contributed by atoms with E-state index in [1.54, 1.807) is 24.5 Å². The second-order valence-electron chi connectivity index (χ2n) is 4.35. The zero-order valence-electron chi connectivity index (χ0n) is 11.0. The number of pyridine rings is 1. The van der Waals surface area contributed by atoms with Crippen molar-refractivity contribution < 1.29 is 4.79 Å². The summed E-state index contributed by atoms with van der Waals surface area (Å²) in [6, 6.07) is 10.8. The Balaban J connectivity index is 1.76. The molecule has 3 N–H and O–H groups in total. The molecule has 0 aliphatic carbocycles. The van der Waals surface area contributed by atoms with Crippen LogP contribution in [0.3, 0.4) is 0 Å². The van der Waals surface area contributed by atoms with Crippen LogP contribution in [0.1, 0.15) is 10.4 Å². The number of aromatic nitrogens is 2. The number of carbonyl (C=O) groups excluding carboxylic acids is 1. The van der Waals surface area contributed by atoms with Crippen molar-refractivity contribution in [1.29, 1.82) is 0 Å². The van der Waals surface area contributed by atoms with E-state index >= 15 is 0 Å². The first-order chi connectivity index (χ1) is 10.2. The highest BCUT2D eigenvalue weighted by molar-refractivity contribution is 7.14. The van der Waals surface area contributed by atoms with Crippen molar-refractivity contribution >= 4 is 28.1 Å². The van der Waals surface area contributed by atoms with E-state index in [9.17, 15) is 4.79 Å². The van der Waals surface area contributed by atoms with Gasteiger partial charge in [0.15, 0.2) is 5.13 Å². The molecule has 1 amide bonds. The quantitative estimate of drug-likeness (QED) is 0.728. The highest BCUT2D eigenvalue weighted by Crippen LogP contribution is 2.25. The molecule has 2 aromatic heterocycles. The molecule has 2 heterocycles. The molecule has 0 atom stereocenters. The van der Waals surface area contributed by atoms with Crippen LogP contribution in [0.25, 0.3) is 11.3 Å². The molecule has 0 radical (unpaired) electrons. The molecule has 6 heteroatoms. The van der Waals surface area contributed by atoms with Crippen molar-refractivity contribution in [3.63, 3.8) is 0 Å². The Morgan fingerprint density at radius 3 is 2.52 bits per heavy atom. The zero-order chi connectivity index (χ0) is 14.7. The molecule has 0 saturated carbocycles. The first kappa shape index (κ1) is 13.3. The SMILES string of the molecule is Nc1ccc(-c2csc(NC(=O)c3ccncc3)n2)cc1. The zero-order valence-corrected chi connectivity index (χ0v) is 11.8. The number of rotatable bonds is 3. The number of carbonyl (C=O) groups is 1. The van der Waals surface area contributed by atoms with Crippen LogP contribution in [0.15, 0.2) is 54.2 Å². The lowest BCUT2D eigenvalue weighted by molar-refractivity contribution is 0.102. The number of hydrogen-bond donors (Lipinski definition) is 2. The van der Waals surface area contributed by atoms with Crippen LogP contribution in [0.5, 0.6) is 0 Å². The van der Waals surface area contributed by atoms with Gasteiger partial charge in [-0.25, -0.2) is 4.98 Å². The summed E-state index contributed by atoms with van der Waals surface area (Å²) in [6.45, 7) is 0. The van der Waals surface area contributed by atoms with Gasteiger partial charge in [-0.15, -0.1) is 11.3 Å². The molecule has 0 fully saturated rings. The molecule has 0 spiro atoms. The van der Waals surface area contributed by atoms with Gasteiger partial charge in [0.2, 0.25) is 0 Å². The molecule has 0 bridgehead atoms. The van der Waals surface area contributed by atoms with E-state index in [1.165, 1.54) is 11.3 Å². The number of amides is 1. The van der Waals surface area contributed by atoms with Gasteiger partial charge in [-0.2, -0.15) is 0 Å². The van der Waals surface area contributed by atoms with Crippen molar-refractivity contribution in [3.8, 4) is 11.3 Å². The molecule has 0 unspecified atom stereocenters. The molecule has 3 rings (SSSR count). The Labute approximate surface area is 125 Å². The van der Waals surface area contributed by atoms with Crippen molar-refractivity contribution in [2.75, 3.05) is 11.1 Å². The largest absolute Gasteiger partial charge is 0.399 e. The Hall–Kier alpha value is -2.73. The summed E-state index contributed by atoms with van der Waals surface area (Å²) < 4.78 is 0. The van der Waals surface area contributed by atoms with E-state index in [0.717, 1.165) is 11.3 Å². The first-order valence-electron chi connectivity index (χ1n) is 6.25. The molecule has 5 nitrogen and oxygen atoms in total. The smallest absolute Gasteiger partial charge is 0.257 e. The lowest BCUT2D eigenvalue weighted by Crippen LogP contribution is -2.11. The average molecular weight is 296 g/mol. The number of anilines is 2. The number of nitrogen functional groups attached to an aromatic ring is 1. The molecular weight excluding hydrogens is 284 g/mol. The summed E-state index contributed by atoms with van der Waals surface area (Å²) in [6.07, 6.45) is 3.16. The molecule has 0 aliphatic rings. The van der Waals surface area contributed by atoms with E-state index in [1.807, 2.05) is 29.6 Å². The van der Waals surface area contributed by atoms with E-state index in [2.05, 4.69) is 15.3 Å². The minimum absolute atomic E-state index is 0.199. The van der Waals surface area contributed by atoms with Crippen LogP contribution in [0, 0.1) is 0 Å². The normalized spacial score (nSPS) is 10.3. The Morgan fingerprint density at radius 2 is 1.81 bits per heavy atom. The van der Waals surface area contributed by atoms with Gasteiger partial charge in [0.05, 0.1) is 5.69 Å². The van der Waals surface area contributed by atoms with Crippen LogP contribution >= 0.6 is 11.3 Å². The maximum atomic E-state index is 12.0. The summed E-state index contributed by atoms with van der Waals surface area (Å²) in [7, 11) is 0. The van der Waals surface area contributed by atoms with Crippen LogP contribution in [-0.2, 0) is 0 Å². The highest BCUT2D eigenvalue weighted by Gasteiger charge is 2.09. The standard InChI is InChI=1S/C15H12N4OS/c16-12-3-1-10(2-4-12)13-9-21-15(18-13)19-14(20)11-5-7-17-8-6-11/h1-9H,16H2,(H,18,19,20). The first-order valence-corrected chi connectivity index (χ1v) is 7.13. The second kappa shape index (κ2) is 5.72. The van der Waals surface area contributed by atoms with E-state index in [-0.39, 0.29) is 5.91 Å². The predicted molar refractivity (Wildman–Crippen MR) is 84.2 cm³/mol.